The predicted molar refractivity (Wildman–Crippen MR) is 106 cm³/mol. The van der Waals surface area contributed by atoms with Gasteiger partial charge in [0, 0.05) is 5.69 Å². The molecular formula is C23H16N2O. The molecule has 0 aliphatic heterocycles. The van der Waals surface area contributed by atoms with Crippen LogP contribution >= 0.6 is 0 Å². The fourth-order valence-electron chi connectivity index (χ4n) is 3.41. The van der Waals surface area contributed by atoms with Crippen molar-refractivity contribution in [3.8, 4) is 22.6 Å². The summed E-state index contributed by atoms with van der Waals surface area (Å²) in [5.74, 6) is 0.291. The van der Waals surface area contributed by atoms with Crippen LogP contribution in [0.15, 0.2) is 91.3 Å². The zero-order valence-electron chi connectivity index (χ0n) is 14.0. The molecule has 0 atom stereocenters. The smallest absolute Gasteiger partial charge is 0.116 e. The molecule has 1 aromatic heterocycles. The van der Waals surface area contributed by atoms with E-state index in [4.69, 9.17) is 0 Å². The van der Waals surface area contributed by atoms with Gasteiger partial charge >= 0.3 is 0 Å². The van der Waals surface area contributed by atoms with Crippen LogP contribution in [0.25, 0.3) is 38.6 Å². The van der Waals surface area contributed by atoms with E-state index in [2.05, 4.69) is 52.0 Å². The quantitative estimate of drug-likeness (QED) is 0.459. The molecule has 0 bridgehead atoms. The number of aromatic hydroxyl groups is 1. The van der Waals surface area contributed by atoms with Crippen molar-refractivity contribution in [2.45, 2.75) is 0 Å². The molecule has 0 aliphatic carbocycles. The Labute approximate surface area is 150 Å². The Hall–Kier alpha value is -3.59. The second-order valence-corrected chi connectivity index (χ2v) is 6.40. The third-order valence-electron chi connectivity index (χ3n) is 4.74. The van der Waals surface area contributed by atoms with Gasteiger partial charge in [0.15, 0.2) is 0 Å². The van der Waals surface area contributed by atoms with E-state index in [-0.39, 0.29) is 0 Å². The molecule has 4 aromatic carbocycles. The van der Waals surface area contributed by atoms with Gasteiger partial charge in [-0.2, -0.15) is 0 Å². The molecule has 0 saturated heterocycles. The largest absolute Gasteiger partial charge is 0.508 e. The third-order valence-corrected chi connectivity index (χ3v) is 4.74. The lowest BCUT2D eigenvalue weighted by Gasteiger charge is -2.09. The Kier molecular flexibility index (Phi) is 3.25. The highest BCUT2D eigenvalue weighted by atomic mass is 16.3. The number of nitrogens with zero attached hydrogens (tertiary/aromatic N) is 2. The molecule has 0 radical (unpaired) electrons. The normalized spacial score (nSPS) is 11.2. The summed E-state index contributed by atoms with van der Waals surface area (Å²) in [6, 6.07) is 28.3. The fraction of sp³-hybridized carbons (Fsp3) is 0. The number of phenols is 1. The summed E-state index contributed by atoms with van der Waals surface area (Å²) in [6.45, 7) is 0. The van der Waals surface area contributed by atoms with Crippen LogP contribution in [0.1, 0.15) is 0 Å². The van der Waals surface area contributed by atoms with Gasteiger partial charge in [0.25, 0.3) is 0 Å². The molecule has 0 aliphatic rings. The number of rotatable bonds is 2. The zero-order chi connectivity index (χ0) is 17.5. The van der Waals surface area contributed by atoms with Gasteiger partial charge in [-0.1, -0.05) is 42.5 Å². The lowest BCUT2D eigenvalue weighted by Crippen LogP contribution is -1.92. The molecule has 1 N–H and O–H groups in total. The maximum Gasteiger partial charge on any atom is 0.116 e. The van der Waals surface area contributed by atoms with Gasteiger partial charge in [0.05, 0.1) is 11.0 Å². The molecule has 0 amide bonds. The number of benzene rings is 4. The summed E-state index contributed by atoms with van der Waals surface area (Å²) >= 11 is 0. The van der Waals surface area contributed by atoms with Crippen LogP contribution in [0.3, 0.4) is 0 Å². The van der Waals surface area contributed by atoms with Crippen molar-refractivity contribution in [3.63, 3.8) is 0 Å². The number of phenolic OH excluding ortho intramolecular Hbond substituents is 1. The Bertz CT molecular complexity index is 1250. The molecule has 0 spiro atoms. The van der Waals surface area contributed by atoms with E-state index in [1.54, 1.807) is 12.1 Å². The van der Waals surface area contributed by atoms with Gasteiger partial charge in [-0.25, -0.2) is 4.98 Å². The fourth-order valence-corrected chi connectivity index (χ4v) is 3.41. The van der Waals surface area contributed by atoms with Gasteiger partial charge in [0.1, 0.15) is 12.1 Å². The first-order valence-corrected chi connectivity index (χ1v) is 8.54. The molecule has 26 heavy (non-hydrogen) atoms. The summed E-state index contributed by atoms with van der Waals surface area (Å²) in [7, 11) is 0. The zero-order valence-corrected chi connectivity index (χ0v) is 14.0. The summed E-state index contributed by atoms with van der Waals surface area (Å²) < 4.78 is 2.11. The number of para-hydroxylation sites is 2. The van der Waals surface area contributed by atoms with Gasteiger partial charge in [-0.3, -0.25) is 4.57 Å². The molecule has 124 valence electrons. The van der Waals surface area contributed by atoms with Crippen LogP contribution in [-0.2, 0) is 0 Å². The van der Waals surface area contributed by atoms with Gasteiger partial charge in [-0.15, -0.1) is 0 Å². The van der Waals surface area contributed by atoms with Crippen LogP contribution in [0.4, 0.5) is 0 Å². The van der Waals surface area contributed by atoms with Crippen molar-refractivity contribution in [2.24, 2.45) is 0 Å². The first kappa shape index (κ1) is 14.7. The minimum atomic E-state index is 0.291. The minimum Gasteiger partial charge on any atom is -0.508 e. The Morgan fingerprint density at radius 3 is 2.46 bits per heavy atom. The van der Waals surface area contributed by atoms with Crippen LogP contribution in [0.5, 0.6) is 5.75 Å². The Balaban J connectivity index is 1.63. The van der Waals surface area contributed by atoms with E-state index >= 15 is 0 Å². The van der Waals surface area contributed by atoms with Crippen molar-refractivity contribution in [2.75, 3.05) is 0 Å². The van der Waals surface area contributed by atoms with E-state index in [1.807, 2.05) is 36.7 Å². The number of hydrogen-bond acceptors (Lipinski definition) is 2. The molecule has 3 heteroatoms. The number of fused-ring (bicyclic) bond motifs is 2. The average Bonchev–Trinajstić information content (AvgIpc) is 3.12. The minimum absolute atomic E-state index is 0.291. The highest BCUT2D eigenvalue weighted by Gasteiger charge is 2.06. The topological polar surface area (TPSA) is 38.0 Å². The molecule has 0 unspecified atom stereocenters. The predicted octanol–water partition coefficient (Wildman–Crippen LogP) is 5.55. The van der Waals surface area contributed by atoms with E-state index < -0.39 is 0 Å². The molecule has 5 aromatic rings. The van der Waals surface area contributed by atoms with Crippen LogP contribution in [-0.4, -0.2) is 14.7 Å². The van der Waals surface area contributed by atoms with E-state index in [9.17, 15) is 5.11 Å². The van der Waals surface area contributed by atoms with E-state index in [0.29, 0.717) is 5.75 Å². The van der Waals surface area contributed by atoms with E-state index in [0.717, 1.165) is 38.6 Å². The van der Waals surface area contributed by atoms with Gasteiger partial charge in [-0.05, 0) is 64.4 Å². The average molecular weight is 336 g/mol. The second-order valence-electron chi connectivity index (χ2n) is 6.40. The van der Waals surface area contributed by atoms with Crippen molar-refractivity contribution >= 4 is 21.8 Å². The summed E-state index contributed by atoms with van der Waals surface area (Å²) in [5, 5.41) is 11.8. The lowest BCUT2D eigenvalue weighted by molar-refractivity contribution is 0.476. The molecule has 0 fully saturated rings. The van der Waals surface area contributed by atoms with Crippen molar-refractivity contribution in [3.05, 3.63) is 91.3 Å². The maximum absolute atomic E-state index is 9.64. The maximum atomic E-state index is 9.64. The molecular weight excluding hydrogens is 320 g/mol. The number of imidazole rings is 1. The molecule has 3 nitrogen and oxygen atoms in total. The summed E-state index contributed by atoms with van der Waals surface area (Å²) in [6.07, 6.45) is 1.87. The third kappa shape index (κ3) is 2.42. The standard InChI is InChI=1S/C23H16N2O/c26-21-11-10-18-12-17(8-9-19(18)14-21)16-4-3-5-20(13-16)25-15-24-22-6-1-2-7-23(22)25/h1-15,26H. The summed E-state index contributed by atoms with van der Waals surface area (Å²) in [4.78, 5) is 4.49. The molecule has 1 heterocycles. The Morgan fingerprint density at radius 1 is 0.692 bits per heavy atom. The van der Waals surface area contributed by atoms with Crippen LogP contribution < -0.4 is 0 Å². The Morgan fingerprint density at radius 2 is 1.50 bits per heavy atom. The van der Waals surface area contributed by atoms with Crippen molar-refractivity contribution in [1.82, 2.24) is 9.55 Å². The van der Waals surface area contributed by atoms with Crippen LogP contribution in [0, 0.1) is 0 Å². The first-order chi connectivity index (χ1) is 12.8. The van der Waals surface area contributed by atoms with E-state index in [1.165, 1.54) is 0 Å². The van der Waals surface area contributed by atoms with Crippen molar-refractivity contribution in [1.29, 1.82) is 0 Å². The molecule has 0 saturated carbocycles. The number of aromatic nitrogens is 2. The van der Waals surface area contributed by atoms with Crippen LogP contribution in [0.2, 0.25) is 0 Å². The highest BCUT2D eigenvalue weighted by molar-refractivity contribution is 5.88. The first-order valence-electron chi connectivity index (χ1n) is 8.54. The van der Waals surface area contributed by atoms with Gasteiger partial charge < -0.3 is 5.11 Å². The SMILES string of the molecule is Oc1ccc2cc(-c3cccc(-n4cnc5ccccc54)c3)ccc2c1. The lowest BCUT2D eigenvalue weighted by atomic mass is 10.0. The number of hydrogen-bond donors (Lipinski definition) is 1. The summed E-state index contributed by atoms with van der Waals surface area (Å²) in [5.41, 5.74) is 5.47. The van der Waals surface area contributed by atoms with Crippen molar-refractivity contribution < 1.29 is 5.11 Å². The van der Waals surface area contributed by atoms with Gasteiger partial charge in [0.2, 0.25) is 0 Å². The monoisotopic (exact) mass is 336 g/mol. The second kappa shape index (κ2) is 5.74. The highest BCUT2D eigenvalue weighted by Crippen LogP contribution is 2.28. The molecule has 5 rings (SSSR count).